The van der Waals surface area contributed by atoms with Gasteiger partial charge < -0.3 is 20.6 Å². The van der Waals surface area contributed by atoms with Gasteiger partial charge in [0.2, 0.25) is 17.7 Å². The average molecular weight is 367 g/mol. The van der Waals surface area contributed by atoms with Crippen LogP contribution in [0.5, 0.6) is 0 Å². The van der Waals surface area contributed by atoms with Gasteiger partial charge in [-0.2, -0.15) is 0 Å². The maximum atomic E-state index is 12.3. The van der Waals surface area contributed by atoms with Gasteiger partial charge in [-0.05, 0) is 25.2 Å². The van der Waals surface area contributed by atoms with Crippen molar-refractivity contribution in [2.24, 2.45) is 11.8 Å². The molecular weight excluding hydrogens is 338 g/mol. The first-order valence-electron chi connectivity index (χ1n) is 9.37. The number of carbonyl (C=O) groups excluding carboxylic acids is 3. The van der Waals surface area contributed by atoms with Crippen LogP contribution in [-0.2, 0) is 19.2 Å². The van der Waals surface area contributed by atoms with E-state index in [1.54, 1.807) is 4.90 Å². The van der Waals surface area contributed by atoms with Crippen molar-refractivity contribution >= 4 is 23.7 Å². The second-order valence-electron chi connectivity index (χ2n) is 7.69. The highest BCUT2D eigenvalue weighted by Crippen LogP contribution is 2.29. The van der Waals surface area contributed by atoms with Crippen LogP contribution in [0.2, 0.25) is 0 Å². The number of likely N-dealkylation sites (tertiary alicyclic amines) is 1. The van der Waals surface area contributed by atoms with E-state index in [1.165, 1.54) is 0 Å². The summed E-state index contributed by atoms with van der Waals surface area (Å²) in [4.78, 5) is 49.3. The molecule has 3 amide bonds. The summed E-state index contributed by atoms with van der Waals surface area (Å²) in [7, 11) is 0. The molecule has 0 spiro atoms. The van der Waals surface area contributed by atoms with E-state index in [2.05, 4.69) is 10.6 Å². The van der Waals surface area contributed by atoms with Crippen LogP contribution in [0.1, 0.15) is 52.4 Å². The molecule has 2 fully saturated rings. The highest BCUT2D eigenvalue weighted by Gasteiger charge is 2.38. The second-order valence-corrected chi connectivity index (χ2v) is 7.69. The highest BCUT2D eigenvalue weighted by atomic mass is 16.4. The molecule has 0 aromatic rings. The van der Waals surface area contributed by atoms with E-state index in [1.807, 2.05) is 13.8 Å². The highest BCUT2D eigenvalue weighted by molar-refractivity contribution is 5.92. The van der Waals surface area contributed by atoms with Crippen molar-refractivity contribution < 1.29 is 24.3 Å². The summed E-state index contributed by atoms with van der Waals surface area (Å²) in [5.74, 6) is -2.27. The third-order valence-corrected chi connectivity index (χ3v) is 5.06. The molecule has 146 valence electrons. The fraction of sp³-hybridized carbons (Fsp3) is 0.778. The Bertz CT molecular complexity index is 557. The van der Waals surface area contributed by atoms with Crippen molar-refractivity contribution in [2.75, 3.05) is 13.1 Å². The van der Waals surface area contributed by atoms with Gasteiger partial charge in [0, 0.05) is 19.0 Å². The topological polar surface area (TPSA) is 116 Å². The van der Waals surface area contributed by atoms with Gasteiger partial charge in [-0.25, -0.2) is 4.79 Å². The first-order chi connectivity index (χ1) is 12.3. The van der Waals surface area contributed by atoms with Crippen molar-refractivity contribution in [1.82, 2.24) is 15.5 Å². The quantitative estimate of drug-likeness (QED) is 0.578. The molecule has 1 aliphatic carbocycles. The van der Waals surface area contributed by atoms with Gasteiger partial charge in [-0.15, -0.1) is 0 Å². The van der Waals surface area contributed by atoms with Crippen LogP contribution in [0, 0.1) is 11.8 Å². The lowest BCUT2D eigenvalue weighted by atomic mass is 10.0. The number of amides is 3. The lowest BCUT2D eigenvalue weighted by molar-refractivity contribution is -0.142. The first-order valence-corrected chi connectivity index (χ1v) is 9.37. The number of hydrogen-bond donors (Lipinski definition) is 3. The first kappa shape index (κ1) is 20.2. The molecule has 1 saturated heterocycles. The van der Waals surface area contributed by atoms with Gasteiger partial charge in [0.1, 0.15) is 6.04 Å². The van der Waals surface area contributed by atoms with Crippen molar-refractivity contribution in [3.63, 3.8) is 0 Å². The van der Waals surface area contributed by atoms with Crippen molar-refractivity contribution in [3.8, 4) is 0 Å². The van der Waals surface area contributed by atoms with Gasteiger partial charge in [-0.1, -0.05) is 26.7 Å². The normalized spacial score (nSPS) is 21.9. The van der Waals surface area contributed by atoms with Crippen molar-refractivity contribution in [3.05, 3.63) is 0 Å². The number of nitrogens with zero attached hydrogens (tertiary/aromatic N) is 1. The predicted octanol–water partition coefficient (Wildman–Crippen LogP) is 0.509. The molecule has 2 aliphatic rings. The Balaban J connectivity index is 1.78. The number of rotatable bonds is 8. The van der Waals surface area contributed by atoms with Crippen LogP contribution in [0.25, 0.3) is 0 Å². The largest absolute Gasteiger partial charge is 0.480 e. The summed E-state index contributed by atoms with van der Waals surface area (Å²) in [5, 5.41) is 14.1. The fourth-order valence-corrected chi connectivity index (χ4v) is 3.73. The predicted molar refractivity (Wildman–Crippen MR) is 94.1 cm³/mol. The maximum absolute atomic E-state index is 12.3. The SMILES string of the molecule is CC(C)C[C@H](NC(=O)CNC(=O)C1CC(=O)N(C2CCCC2)C1)C(=O)O. The summed E-state index contributed by atoms with van der Waals surface area (Å²) in [6.07, 6.45) is 4.72. The van der Waals surface area contributed by atoms with E-state index in [0.717, 1.165) is 25.7 Å². The summed E-state index contributed by atoms with van der Waals surface area (Å²) in [6, 6.07) is -0.721. The van der Waals surface area contributed by atoms with Gasteiger partial charge in [-0.3, -0.25) is 14.4 Å². The summed E-state index contributed by atoms with van der Waals surface area (Å²) in [5.41, 5.74) is 0. The van der Waals surface area contributed by atoms with Crippen LogP contribution in [-0.4, -0.2) is 58.9 Å². The molecule has 1 heterocycles. The molecule has 1 unspecified atom stereocenters. The Morgan fingerprint density at radius 3 is 2.46 bits per heavy atom. The maximum Gasteiger partial charge on any atom is 0.326 e. The fourth-order valence-electron chi connectivity index (χ4n) is 3.73. The molecule has 1 aliphatic heterocycles. The van der Waals surface area contributed by atoms with Crippen LogP contribution in [0.4, 0.5) is 0 Å². The van der Waals surface area contributed by atoms with E-state index in [0.29, 0.717) is 13.0 Å². The molecule has 3 N–H and O–H groups in total. The van der Waals surface area contributed by atoms with E-state index in [9.17, 15) is 19.2 Å². The molecule has 2 rings (SSSR count). The average Bonchev–Trinajstić information content (AvgIpc) is 3.20. The van der Waals surface area contributed by atoms with E-state index >= 15 is 0 Å². The molecule has 0 radical (unpaired) electrons. The minimum atomic E-state index is -1.09. The smallest absolute Gasteiger partial charge is 0.326 e. The molecule has 0 aromatic carbocycles. The molecule has 1 saturated carbocycles. The Labute approximate surface area is 153 Å². The Kier molecular flexibility index (Phi) is 6.99. The zero-order valence-electron chi connectivity index (χ0n) is 15.5. The van der Waals surface area contributed by atoms with E-state index in [4.69, 9.17) is 5.11 Å². The molecule has 8 heteroatoms. The number of aliphatic carboxylic acids is 1. The monoisotopic (exact) mass is 367 g/mol. The van der Waals surface area contributed by atoms with Gasteiger partial charge >= 0.3 is 5.97 Å². The minimum Gasteiger partial charge on any atom is -0.480 e. The minimum absolute atomic E-state index is 0.00405. The third kappa shape index (κ3) is 5.44. The van der Waals surface area contributed by atoms with Gasteiger partial charge in [0.15, 0.2) is 0 Å². The molecule has 0 bridgehead atoms. The van der Waals surface area contributed by atoms with E-state index in [-0.39, 0.29) is 36.7 Å². The Morgan fingerprint density at radius 2 is 1.88 bits per heavy atom. The summed E-state index contributed by atoms with van der Waals surface area (Å²) in [6.45, 7) is 3.87. The van der Waals surface area contributed by atoms with Gasteiger partial charge in [0.05, 0.1) is 12.5 Å². The Morgan fingerprint density at radius 1 is 1.23 bits per heavy atom. The molecule has 2 atom stereocenters. The summed E-state index contributed by atoms with van der Waals surface area (Å²) < 4.78 is 0. The van der Waals surface area contributed by atoms with Crippen LogP contribution < -0.4 is 10.6 Å². The lowest BCUT2D eigenvalue weighted by Crippen LogP contribution is -2.47. The lowest BCUT2D eigenvalue weighted by Gasteiger charge is -2.23. The molecule has 8 nitrogen and oxygen atoms in total. The van der Waals surface area contributed by atoms with Crippen LogP contribution in [0.15, 0.2) is 0 Å². The summed E-state index contributed by atoms with van der Waals surface area (Å²) >= 11 is 0. The third-order valence-electron chi connectivity index (χ3n) is 5.06. The zero-order valence-corrected chi connectivity index (χ0v) is 15.5. The van der Waals surface area contributed by atoms with Gasteiger partial charge in [0.25, 0.3) is 0 Å². The number of carboxylic acid groups (broad SMARTS) is 1. The van der Waals surface area contributed by atoms with Crippen LogP contribution in [0.3, 0.4) is 0 Å². The molecule has 0 aromatic heterocycles. The number of nitrogens with one attached hydrogen (secondary N) is 2. The number of carbonyl (C=O) groups is 4. The molecule has 26 heavy (non-hydrogen) atoms. The van der Waals surface area contributed by atoms with Crippen molar-refractivity contribution in [1.29, 1.82) is 0 Å². The van der Waals surface area contributed by atoms with E-state index < -0.39 is 23.8 Å². The standard InChI is InChI=1S/C18H29N3O5/c1-11(2)7-14(18(25)26)20-15(22)9-19-17(24)12-8-16(23)21(10-12)13-5-3-4-6-13/h11-14H,3-10H2,1-2H3,(H,19,24)(H,20,22)(H,25,26)/t12?,14-/m0/s1. The zero-order chi connectivity index (χ0) is 19.3. The number of carboxylic acids is 1. The van der Waals surface area contributed by atoms with Crippen LogP contribution >= 0.6 is 0 Å². The Hall–Kier alpha value is -2.12. The number of hydrogen-bond acceptors (Lipinski definition) is 4. The second kappa shape index (κ2) is 9.00. The van der Waals surface area contributed by atoms with Crippen molar-refractivity contribution in [2.45, 2.75) is 64.5 Å². The molecular formula is C18H29N3O5.